The number of allylic oxidation sites excluding steroid dienone is 1. The van der Waals surface area contributed by atoms with E-state index >= 15 is 0 Å². The van der Waals surface area contributed by atoms with Crippen LogP contribution in [0.15, 0.2) is 48.5 Å². The van der Waals surface area contributed by atoms with Crippen molar-refractivity contribution >= 4 is 6.08 Å². The number of phenolic OH excluding ortho intramolecular Hbond substituents is 3. The van der Waals surface area contributed by atoms with Crippen LogP contribution in [0.4, 0.5) is 0 Å². The Hall–Kier alpha value is -2.46. The van der Waals surface area contributed by atoms with Gasteiger partial charge in [0.2, 0.25) is 0 Å². The van der Waals surface area contributed by atoms with E-state index < -0.39 is 6.10 Å². The fourth-order valence-electron chi connectivity index (χ4n) is 2.30. The number of rotatable bonds is 7. The van der Waals surface area contributed by atoms with Gasteiger partial charge in [-0.05, 0) is 61.1 Å². The zero-order valence-corrected chi connectivity index (χ0v) is 12.9. The molecule has 1 atom stereocenters. The molecule has 4 nitrogen and oxygen atoms in total. The third-order valence-corrected chi connectivity index (χ3v) is 3.68. The molecule has 2 rings (SSSR count). The van der Waals surface area contributed by atoms with Gasteiger partial charge in [-0.1, -0.05) is 30.4 Å². The maximum atomic E-state index is 9.99. The number of hydrogen-bond acceptors (Lipinski definition) is 4. The molecule has 0 radical (unpaired) electrons. The molecule has 4 N–H and O–H groups in total. The van der Waals surface area contributed by atoms with Crippen LogP contribution in [0.25, 0.3) is 6.08 Å². The molecule has 0 aliphatic carbocycles. The molecule has 0 spiro atoms. The molecule has 2 aromatic carbocycles. The standard InChI is InChI=1S/C19H22O4/c20-16(11-7-15-8-12-18(22)19(23)13-15)4-2-1-3-14-5-9-17(21)10-6-14/h1,3,5-6,8-10,12-13,16,20-23H,2,4,7,11H2/t16-/m0/s1. The number of benzene rings is 2. The van der Waals surface area contributed by atoms with Gasteiger partial charge in [-0.2, -0.15) is 0 Å². The van der Waals surface area contributed by atoms with Gasteiger partial charge in [-0.25, -0.2) is 0 Å². The van der Waals surface area contributed by atoms with Gasteiger partial charge in [0, 0.05) is 0 Å². The summed E-state index contributed by atoms with van der Waals surface area (Å²) < 4.78 is 0. The number of phenols is 3. The van der Waals surface area contributed by atoms with Gasteiger partial charge in [-0.15, -0.1) is 0 Å². The minimum absolute atomic E-state index is 0.131. The van der Waals surface area contributed by atoms with E-state index in [4.69, 9.17) is 0 Å². The summed E-state index contributed by atoms with van der Waals surface area (Å²) in [7, 11) is 0. The van der Waals surface area contributed by atoms with Gasteiger partial charge in [0.25, 0.3) is 0 Å². The molecule has 4 heteroatoms. The monoisotopic (exact) mass is 314 g/mol. The highest BCUT2D eigenvalue weighted by molar-refractivity contribution is 5.50. The summed E-state index contributed by atoms with van der Waals surface area (Å²) in [6.07, 6.45) is 6.25. The molecule has 2 aromatic rings. The molecule has 122 valence electrons. The normalized spacial score (nSPS) is 12.6. The summed E-state index contributed by atoms with van der Waals surface area (Å²) >= 11 is 0. The van der Waals surface area contributed by atoms with Crippen LogP contribution in [0.3, 0.4) is 0 Å². The predicted octanol–water partition coefficient (Wildman–Crippen LogP) is 3.59. The van der Waals surface area contributed by atoms with E-state index in [-0.39, 0.29) is 17.2 Å². The van der Waals surface area contributed by atoms with Crippen LogP contribution < -0.4 is 0 Å². The van der Waals surface area contributed by atoms with Crippen molar-refractivity contribution in [2.24, 2.45) is 0 Å². The van der Waals surface area contributed by atoms with Crippen LogP contribution in [0.2, 0.25) is 0 Å². The quantitative estimate of drug-likeness (QED) is 0.589. The second-order valence-electron chi connectivity index (χ2n) is 5.59. The maximum absolute atomic E-state index is 9.99. The Morgan fingerprint density at radius 3 is 2.30 bits per heavy atom. The fourth-order valence-corrected chi connectivity index (χ4v) is 2.30. The van der Waals surface area contributed by atoms with Gasteiger partial charge in [-0.3, -0.25) is 0 Å². The first-order valence-corrected chi connectivity index (χ1v) is 7.69. The molecule has 0 unspecified atom stereocenters. The van der Waals surface area contributed by atoms with Crippen molar-refractivity contribution in [2.75, 3.05) is 0 Å². The van der Waals surface area contributed by atoms with Crippen molar-refractivity contribution in [2.45, 2.75) is 31.8 Å². The number of hydrogen-bond donors (Lipinski definition) is 4. The minimum atomic E-state index is -0.407. The Morgan fingerprint density at radius 1 is 0.870 bits per heavy atom. The topological polar surface area (TPSA) is 80.9 Å². The molecule has 0 heterocycles. The Labute approximate surface area is 136 Å². The Kier molecular flexibility index (Phi) is 6.06. The largest absolute Gasteiger partial charge is 0.508 e. The van der Waals surface area contributed by atoms with Crippen LogP contribution >= 0.6 is 0 Å². The van der Waals surface area contributed by atoms with Crippen molar-refractivity contribution in [3.8, 4) is 17.2 Å². The van der Waals surface area contributed by atoms with E-state index in [1.807, 2.05) is 24.3 Å². The number of aliphatic hydroxyl groups is 1. The first-order chi connectivity index (χ1) is 11.0. The Morgan fingerprint density at radius 2 is 1.61 bits per heavy atom. The molecule has 0 saturated heterocycles. The average molecular weight is 314 g/mol. The number of aromatic hydroxyl groups is 3. The SMILES string of the molecule is Oc1ccc(C=CCC[C@H](O)CCc2ccc(O)c(O)c2)cc1. The lowest BCUT2D eigenvalue weighted by atomic mass is 10.0. The van der Waals surface area contributed by atoms with Crippen molar-refractivity contribution in [3.05, 3.63) is 59.7 Å². The minimum Gasteiger partial charge on any atom is -0.508 e. The highest BCUT2D eigenvalue weighted by Crippen LogP contribution is 2.25. The predicted molar refractivity (Wildman–Crippen MR) is 90.5 cm³/mol. The van der Waals surface area contributed by atoms with Crippen LogP contribution in [0.5, 0.6) is 17.2 Å². The van der Waals surface area contributed by atoms with Gasteiger partial charge in [0.05, 0.1) is 6.10 Å². The van der Waals surface area contributed by atoms with Crippen LogP contribution in [-0.2, 0) is 6.42 Å². The summed E-state index contributed by atoms with van der Waals surface area (Å²) in [6.45, 7) is 0. The second-order valence-corrected chi connectivity index (χ2v) is 5.59. The third kappa shape index (κ3) is 5.68. The summed E-state index contributed by atoms with van der Waals surface area (Å²) in [4.78, 5) is 0. The van der Waals surface area contributed by atoms with Crippen LogP contribution in [-0.4, -0.2) is 26.5 Å². The van der Waals surface area contributed by atoms with E-state index in [0.29, 0.717) is 19.3 Å². The van der Waals surface area contributed by atoms with Crippen molar-refractivity contribution < 1.29 is 20.4 Å². The third-order valence-electron chi connectivity index (χ3n) is 3.68. The van der Waals surface area contributed by atoms with Gasteiger partial charge in [0.1, 0.15) is 5.75 Å². The summed E-state index contributed by atoms with van der Waals surface area (Å²) in [5, 5.41) is 37.9. The molecular weight excluding hydrogens is 292 g/mol. The summed E-state index contributed by atoms with van der Waals surface area (Å²) in [5.41, 5.74) is 1.90. The molecular formula is C19H22O4. The first kappa shape index (κ1) is 16.9. The first-order valence-electron chi connectivity index (χ1n) is 7.69. The Balaban J connectivity index is 1.71. The van der Waals surface area contributed by atoms with E-state index in [9.17, 15) is 20.4 Å². The lowest BCUT2D eigenvalue weighted by Gasteiger charge is -2.09. The maximum Gasteiger partial charge on any atom is 0.157 e. The van der Waals surface area contributed by atoms with Gasteiger partial charge < -0.3 is 20.4 Å². The van der Waals surface area contributed by atoms with Crippen molar-refractivity contribution in [1.29, 1.82) is 0 Å². The van der Waals surface area contributed by atoms with Gasteiger partial charge >= 0.3 is 0 Å². The number of aryl methyl sites for hydroxylation is 1. The van der Waals surface area contributed by atoms with E-state index in [1.54, 1.807) is 18.2 Å². The van der Waals surface area contributed by atoms with Crippen molar-refractivity contribution in [1.82, 2.24) is 0 Å². The fraction of sp³-hybridized carbons (Fsp3) is 0.263. The zero-order valence-electron chi connectivity index (χ0n) is 12.9. The van der Waals surface area contributed by atoms with Crippen molar-refractivity contribution in [3.63, 3.8) is 0 Å². The molecule has 0 aromatic heterocycles. The second kappa shape index (κ2) is 8.25. The smallest absolute Gasteiger partial charge is 0.157 e. The lowest BCUT2D eigenvalue weighted by molar-refractivity contribution is 0.156. The number of aliphatic hydroxyl groups excluding tert-OH is 1. The van der Waals surface area contributed by atoms with Crippen LogP contribution in [0, 0.1) is 0 Å². The molecule has 0 saturated carbocycles. The Bertz CT molecular complexity index is 647. The molecule has 0 fully saturated rings. The lowest BCUT2D eigenvalue weighted by Crippen LogP contribution is -2.07. The average Bonchev–Trinajstić information content (AvgIpc) is 2.54. The molecule has 0 aliphatic heterocycles. The van der Waals surface area contributed by atoms with Gasteiger partial charge in [0.15, 0.2) is 11.5 Å². The zero-order chi connectivity index (χ0) is 16.7. The van der Waals surface area contributed by atoms with Crippen LogP contribution in [0.1, 0.15) is 30.4 Å². The summed E-state index contributed by atoms with van der Waals surface area (Å²) in [6, 6.07) is 11.7. The van der Waals surface area contributed by atoms with E-state index in [2.05, 4.69) is 0 Å². The molecule has 0 amide bonds. The highest BCUT2D eigenvalue weighted by atomic mass is 16.3. The molecule has 0 aliphatic rings. The summed E-state index contributed by atoms with van der Waals surface area (Å²) in [5.74, 6) is -0.0136. The molecule has 23 heavy (non-hydrogen) atoms. The molecule has 0 bridgehead atoms. The highest BCUT2D eigenvalue weighted by Gasteiger charge is 2.05. The van der Waals surface area contributed by atoms with E-state index in [1.165, 1.54) is 12.1 Å². The van der Waals surface area contributed by atoms with E-state index in [0.717, 1.165) is 17.5 Å².